The summed E-state index contributed by atoms with van der Waals surface area (Å²) >= 11 is 0. The van der Waals surface area contributed by atoms with Crippen LogP contribution in [0.3, 0.4) is 0 Å². The largest absolute Gasteiger partial charge is 0.398 e. The summed E-state index contributed by atoms with van der Waals surface area (Å²) in [5, 5.41) is 0. The maximum absolute atomic E-state index is 5.64. The molecule has 2 heteroatoms. The van der Waals surface area contributed by atoms with Gasteiger partial charge in [0.25, 0.3) is 0 Å². The van der Waals surface area contributed by atoms with Crippen LogP contribution in [0.5, 0.6) is 0 Å². The van der Waals surface area contributed by atoms with Crippen molar-refractivity contribution in [1.29, 1.82) is 0 Å². The summed E-state index contributed by atoms with van der Waals surface area (Å²) in [6.07, 6.45) is 13.7. The highest BCUT2D eigenvalue weighted by Gasteiger charge is 1.98. The number of anilines is 1. The van der Waals surface area contributed by atoms with E-state index >= 15 is 0 Å². The van der Waals surface area contributed by atoms with E-state index in [0.717, 1.165) is 12.2 Å². The molecule has 0 aliphatic heterocycles. The quantitative estimate of drug-likeness (QED) is 0.530. The lowest BCUT2D eigenvalue weighted by atomic mass is 10.1. The molecule has 2 nitrogen and oxygen atoms in total. The lowest BCUT2D eigenvalue weighted by molar-refractivity contribution is -0.697. The predicted molar refractivity (Wildman–Crippen MR) is 69.0 cm³/mol. The molecule has 16 heavy (non-hydrogen) atoms. The topological polar surface area (TPSA) is 29.9 Å². The second-order valence-electron chi connectivity index (χ2n) is 4.49. The van der Waals surface area contributed by atoms with Gasteiger partial charge in [0.2, 0.25) is 0 Å². The average molecular weight is 221 g/mol. The van der Waals surface area contributed by atoms with E-state index in [-0.39, 0.29) is 0 Å². The zero-order valence-electron chi connectivity index (χ0n) is 10.5. The van der Waals surface area contributed by atoms with Gasteiger partial charge in [0.05, 0.1) is 0 Å². The maximum atomic E-state index is 5.64. The minimum absolute atomic E-state index is 0.843. The van der Waals surface area contributed by atoms with Crippen molar-refractivity contribution in [1.82, 2.24) is 0 Å². The van der Waals surface area contributed by atoms with Crippen LogP contribution in [0.15, 0.2) is 24.5 Å². The molecular formula is C14H25N2+. The summed E-state index contributed by atoms with van der Waals surface area (Å²) in [7, 11) is 0. The van der Waals surface area contributed by atoms with Gasteiger partial charge in [-0.1, -0.05) is 39.0 Å². The van der Waals surface area contributed by atoms with E-state index in [9.17, 15) is 0 Å². The Morgan fingerprint density at radius 2 is 1.50 bits per heavy atom. The summed E-state index contributed by atoms with van der Waals surface area (Å²) in [5.41, 5.74) is 6.48. The number of aromatic nitrogens is 1. The Labute approximate surface area is 99.5 Å². The molecule has 0 fully saturated rings. The molecule has 0 spiro atoms. The van der Waals surface area contributed by atoms with Crippen molar-refractivity contribution in [3.8, 4) is 0 Å². The van der Waals surface area contributed by atoms with Crippen LogP contribution in [-0.2, 0) is 6.54 Å². The molecule has 2 N–H and O–H groups in total. The molecule has 0 bridgehead atoms. The van der Waals surface area contributed by atoms with Crippen LogP contribution in [0.25, 0.3) is 0 Å². The number of nitrogens with zero attached hydrogens (tertiary/aromatic N) is 1. The molecule has 1 aromatic rings. The van der Waals surface area contributed by atoms with Crippen molar-refractivity contribution in [3.63, 3.8) is 0 Å². The molecule has 0 aliphatic carbocycles. The van der Waals surface area contributed by atoms with Gasteiger partial charge in [-0.15, -0.1) is 0 Å². The Morgan fingerprint density at radius 1 is 0.938 bits per heavy atom. The molecule has 1 rings (SSSR count). The summed E-state index contributed by atoms with van der Waals surface area (Å²) in [5.74, 6) is 0. The van der Waals surface area contributed by atoms with Crippen molar-refractivity contribution in [2.75, 3.05) is 5.73 Å². The second kappa shape index (κ2) is 8.14. The predicted octanol–water partition coefficient (Wildman–Crippen LogP) is 3.31. The molecule has 1 heterocycles. The van der Waals surface area contributed by atoms with Gasteiger partial charge in [-0.2, -0.15) is 0 Å². The molecule has 0 unspecified atom stereocenters. The third-order valence-corrected chi connectivity index (χ3v) is 2.94. The van der Waals surface area contributed by atoms with Gasteiger partial charge in [-0.05, 0) is 6.42 Å². The summed E-state index contributed by atoms with van der Waals surface area (Å²) in [6, 6.07) is 3.92. The molecular weight excluding hydrogens is 196 g/mol. The van der Waals surface area contributed by atoms with Gasteiger partial charge in [0.15, 0.2) is 12.4 Å². The molecule has 1 aromatic heterocycles. The lowest BCUT2D eigenvalue weighted by Crippen LogP contribution is -2.32. The monoisotopic (exact) mass is 221 g/mol. The Morgan fingerprint density at radius 3 is 2.12 bits per heavy atom. The zero-order valence-corrected chi connectivity index (χ0v) is 10.5. The van der Waals surface area contributed by atoms with E-state index in [1.807, 2.05) is 12.1 Å². The van der Waals surface area contributed by atoms with Gasteiger partial charge in [-0.25, -0.2) is 4.57 Å². The molecule has 0 amide bonds. The van der Waals surface area contributed by atoms with Crippen LogP contribution in [0.4, 0.5) is 5.69 Å². The number of nitrogens with two attached hydrogens (primary N) is 1. The van der Waals surface area contributed by atoms with E-state index in [0.29, 0.717) is 0 Å². The van der Waals surface area contributed by atoms with Crippen molar-refractivity contribution in [3.05, 3.63) is 24.5 Å². The molecule has 0 aromatic carbocycles. The number of unbranched alkanes of at least 4 members (excludes halogenated alkanes) is 6. The van der Waals surface area contributed by atoms with E-state index in [1.54, 1.807) is 0 Å². The lowest BCUT2D eigenvalue weighted by Gasteiger charge is -1.99. The van der Waals surface area contributed by atoms with Crippen LogP contribution in [-0.4, -0.2) is 0 Å². The van der Waals surface area contributed by atoms with Crippen molar-refractivity contribution >= 4 is 5.69 Å². The van der Waals surface area contributed by atoms with Crippen LogP contribution in [0, 0.1) is 0 Å². The van der Waals surface area contributed by atoms with Gasteiger partial charge in [0.1, 0.15) is 6.54 Å². The van der Waals surface area contributed by atoms with Crippen LogP contribution < -0.4 is 10.3 Å². The zero-order chi connectivity index (χ0) is 11.6. The number of hydrogen-bond acceptors (Lipinski definition) is 1. The first-order chi connectivity index (χ1) is 7.83. The number of rotatable bonds is 8. The first-order valence-electron chi connectivity index (χ1n) is 6.57. The summed E-state index contributed by atoms with van der Waals surface area (Å²) in [4.78, 5) is 0. The fourth-order valence-electron chi connectivity index (χ4n) is 1.87. The molecule has 0 saturated heterocycles. The molecule has 90 valence electrons. The minimum Gasteiger partial charge on any atom is -0.398 e. The minimum atomic E-state index is 0.843. The van der Waals surface area contributed by atoms with Crippen molar-refractivity contribution < 1.29 is 4.57 Å². The van der Waals surface area contributed by atoms with Gasteiger partial charge in [-0.3, -0.25) is 0 Å². The van der Waals surface area contributed by atoms with Crippen molar-refractivity contribution in [2.45, 2.75) is 58.4 Å². The van der Waals surface area contributed by atoms with Crippen LogP contribution in [0.1, 0.15) is 51.9 Å². The SMILES string of the molecule is CCCCCCCCC[n+]1ccc(N)cc1. The molecule has 0 saturated carbocycles. The molecule has 0 atom stereocenters. The van der Waals surface area contributed by atoms with Crippen LogP contribution in [0.2, 0.25) is 0 Å². The Hall–Kier alpha value is -1.05. The van der Waals surface area contributed by atoms with E-state index < -0.39 is 0 Å². The molecule has 0 radical (unpaired) electrons. The second-order valence-corrected chi connectivity index (χ2v) is 4.49. The van der Waals surface area contributed by atoms with Gasteiger partial charge < -0.3 is 5.73 Å². The van der Waals surface area contributed by atoms with E-state index in [4.69, 9.17) is 5.73 Å². The third kappa shape index (κ3) is 5.74. The first kappa shape index (κ1) is 13.0. The van der Waals surface area contributed by atoms with Crippen molar-refractivity contribution in [2.24, 2.45) is 0 Å². The number of hydrogen-bond donors (Lipinski definition) is 1. The summed E-state index contributed by atoms with van der Waals surface area (Å²) < 4.78 is 2.21. The normalized spacial score (nSPS) is 10.6. The Balaban J connectivity index is 2.01. The number of aryl methyl sites for hydroxylation is 1. The standard InChI is InChI=1S/C14H24N2/c1-2-3-4-5-6-7-8-11-16-12-9-14(15)10-13-16/h9-10,12-13,15H,2-8,11H2,1H3/p+1. The maximum Gasteiger partial charge on any atom is 0.170 e. The Bertz CT molecular complexity index is 267. The fourth-order valence-corrected chi connectivity index (χ4v) is 1.87. The average Bonchev–Trinajstić information content (AvgIpc) is 2.30. The number of nitrogen functional groups attached to an aromatic ring is 1. The van der Waals surface area contributed by atoms with E-state index in [2.05, 4.69) is 23.9 Å². The molecule has 0 aliphatic rings. The van der Waals surface area contributed by atoms with E-state index in [1.165, 1.54) is 44.9 Å². The third-order valence-electron chi connectivity index (χ3n) is 2.94. The summed E-state index contributed by atoms with van der Waals surface area (Å²) in [6.45, 7) is 3.38. The Kier molecular flexibility index (Phi) is 6.62. The first-order valence-corrected chi connectivity index (χ1v) is 6.57. The number of pyridine rings is 1. The highest BCUT2D eigenvalue weighted by Crippen LogP contribution is 2.06. The fraction of sp³-hybridized carbons (Fsp3) is 0.643. The smallest absolute Gasteiger partial charge is 0.170 e. The highest BCUT2D eigenvalue weighted by molar-refractivity contribution is 5.32. The van der Waals surface area contributed by atoms with Crippen LogP contribution >= 0.6 is 0 Å². The van der Waals surface area contributed by atoms with Gasteiger partial charge >= 0.3 is 0 Å². The van der Waals surface area contributed by atoms with Gasteiger partial charge in [0, 0.05) is 24.2 Å². The highest BCUT2D eigenvalue weighted by atomic mass is 14.9.